The van der Waals surface area contributed by atoms with Crippen LogP contribution in [0.3, 0.4) is 0 Å². The number of halogens is 2. The molecule has 0 spiro atoms. The van der Waals surface area contributed by atoms with Crippen molar-refractivity contribution >= 4 is 33.2 Å². The lowest BCUT2D eigenvalue weighted by Crippen LogP contribution is -2.25. The molecule has 0 saturated carbocycles. The molecule has 146 valence electrons. The van der Waals surface area contributed by atoms with Crippen LogP contribution in [0.25, 0.3) is 0 Å². The van der Waals surface area contributed by atoms with E-state index in [0.29, 0.717) is 26.2 Å². The largest absolute Gasteiger partial charge is 0.382 e. The van der Waals surface area contributed by atoms with E-state index in [4.69, 9.17) is 16.3 Å². The van der Waals surface area contributed by atoms with Crippen molar-refractivity contribution in [3.63, 3.8) is 0 Å². The van der Waals surface area contributed by atoms with E-state index in [2.05, 4.69) is 10.0 Å². The fourth-order valence-electron chi connectivity index (χ4n) is 2.18. The van der Waals surface area contributed by atoms with Crippen LogP contribution < -0.4 is 10.0 Å². The van der Waals surface area contributed by atoms with Crippen LogP contribution in [0.1, 0.15) is 23.7 Å². The monoisotopic (exact) mass is 414 g/mol. The van der Waals surface area contributed by atoms with Crippen LogP contribution in [0.5, 0.6) is 0 Å². The second-order valence-electron chi connectivity index (χ2n) is 5.56. The van der Waals surface area contributed by atoms with Crippen molar-refractivity contribution in [2.75, 3.05) is 24.5 Å². The lowest BCUT2D eigenvalue weighted by atomic mass is 10.2. The number of rotatable bonds is 9. The number of hydrogen-bond donors (Lipinski definition) is 2. The summed E-state index contributed by atoms with van der Waals surface area (Å²) in [6, 6.07) is 8.64. The molecule has 0 aromatic heterocycles. The van der Waals surface area contributed by atoms with Crippen molar-refractivity contribution in [1.82, 2.24) is 5.32 Å². The molecule has 0 bridgehead atoms. The van der Waals surface area contributed by atoms with Crippen molar-refractivity contribution < 1.29 is 22.3 Å². The highest BCUT2D eigenvalue weighted by Crippen LogP contribution is 2.26. The Labute approximate surface area is 162 Å². The van der Waals surface area contributed by atoms with Crippen LogP contribution in [0, 0.1) is 5.82 Å². The van der Waals surface area contributed by atoms with Gasteiger partial charge in [0.2, 0.25) is 0 Å². The third-order valence-corrected chi connectivity index (χ3v) is 5.26. The van der Waals surface area contributed by atoms with Gasteiger partial charge in [0.25, 0.3) is 15.9 Å². The highest BCUT2D eigenvalue weighted by molar-refractivity contribution is 7.92. The van der Waals surface area contributed by atoms with E-state index in [-0.39, 0.29) is 27.1 Å². The maximum absolute atomic E-state index is 13.0. The summed E-state index contributed by atoms with van der Waals surface area (Å²) in [5, 5.41) is 2.86. The molecule has 0 fully saturated rings. The Hall–Kier alpha value is -2.16. The van der Waals surface area contributed by atoms with Gasteiger partial charge < -0.3 is 10.1 Å². The second kappa shape index (κ2) is 9.68. The Morgan fingerprint density at radius 2 is 1.89 bits per heavy atom. The first kappa shape index (κ1) is 21.1. The first-order valence-corrected chi connectivity index (χ1v) is 10.1. The zero-order chi connectivity index (χ0) is 19.9. The molecule has 1 amide bonds. The Morgan fingerprint density at radius 1 is 1.19 bits per heavy atom. The Balaban J connectivity index is 2.10. The molecule has 27 heavy (non-hydrogen) atoms. The molecule has 2 aromatic rings. The van der Waals surface area contributed by atoms with Gasteiger partial charge in [0.1, 0.15) is 5.82 Å². The predicted octanol–water partition coefficient (Wildman–Crippen LogP) is 3.44. The number of benzene rings is 2. The number of ether oxygens (including phenoxy) is 1. The minimum absolute atomic E-state index is 0.0583. The molecule has 0 heterocycles. The highest BCUT2D eigenvalue weighted by Gasteiger charge is 2.17. The topological polar surface area (TPSA) is 84.5 Å². The summed E-state index contributed by atoms with van der Waals surface area (Å²) in [6.07, 6.45) is 0.664. The van der Waals surface area contributed by atoms with E-state index in [1.807, 2.05) is 6.92 Å². The van der Waals surface area contributed by atoms with Crippen LogP contribution in [0.2, 0.25) is 5.02 Å². The number of carbonyl (C=O) groups is 1. The number of nitrogens with one attached hydrogen (secondary N) is 2. The Kier molecular flexibility index (Phi) is 7.58. The number of sulfonamides is 1. The van der Waals surface area contributed by atoms with E-state index >= 15 is 0 Å². The first-order valence-electron chi connectivity index (χ1n) is 8.27. The van der Waals surface area contributed by atoms with Crippen molar-refractivity contribution in [1.29, 1.82) is 0 Å². The van der Waals surface area contributed by atoms with Gasteiger partial charge in [-0.3, -0.25) is 9.52 Å². The molecule has 0 aliphatic rings. The summed E-state index contributed by atoms with van der Waals surface area (Å²) in [5.41, 5.74) is 0.315. The highest BCUT2D eigenvalue weighted by atomic mass is 35.5. The summed E-state index contributed by atoms with van der Waals surface area (Å²) in [4.78, 5) is 12.1. The summed E-state index contributed by atoms with van der Waals surface area (Å²) in [6.45, 7) is 3.47. The van der Waals surface area contributed by atoms with Gasteiger partial charge in [-0.2, -0.15) is 0 Å². The average molecular weight is 415 g/mol. The Morgan fingerprint density at radius 3 is 2.56 bits per heavy atom. The number of carbonyl (C=O) groups excluding carboxylic acids is 1. The molecule has 0 aliphatic carbocycles. The van der Waals surface area contributed by atoms with Crippen LogP contribution in [-0.4, -0.2) is 34.1 Å². The van der Waals surface area contributed by atoms with Crippen molar-refractivity contribution in [2.45, 2.75) is 18.2 Å². The zero-order valence-electron chi connectivity index (χ0n) is 14.7. The van der Waals surface area contributed by atoms with Gasteiger partial charge in [-0.05, 0) is 55.8 Å². The van der Waals surface area contributed by atoms with Gasteiger partial charge in [0.05, 0.1) is 15.6 Å². The normalized spacial score (nSPS) is 11.2. The summed E-state index contributed by atoms with van der Waals surface area (Å²) >= 11 is 6.05. The van der Waals surface area contributed by atoms with Gasteiger partial charge in [0.15, 0.2) is 0 Å². The number of anilines is 1. The zero-order valence-corrected chi connectivity index (χ0v) is 16.2. The maximum Gasteiger partial charge on any atom is 0.261 e. The van der Waals surface area contributed by atoms with Crippen molar-refractivity contribution in [3.05, 3.63) is 58.9 Å². The van der Waals surface area contributed by atoms with Crippen LogP contribution in [-0.2, 0) is 14.8 Å². The summed E-state index contributed by atoms with van der Waals surface area (Å²) in [7, 11) is -3.97. The molecule has 0 radical (unpaired) electrons. The maximum atomic E-state index is 13.0. The molecule has 6 nitrogen and oxygen atoms in total. The lowest BCUT2D eigenvalue weighted by Gasteiger charge is -2.12. The molecule has 0 saturated heterocycles. The second-order valence-corrected chi connectivity index (χ2v) is 7.65. The van der Waals surface area contributed by atoms with Gasteiger partial charge in [0, 0.05) is 25.3 Å². The van der Waals surface area contributed by atoms with E-state index in [0.717, 1.165) is 24.3 Å². The first-order chi connectivity index (χ1) is 12.8. The number of hydrogen-bond acceptors (Lipinski definition) is 4. The summed E-state index contributed by atoms with van der Waals surface area (Å²) < 4.78 is 45.3. The summed E-state index contributed by atoms with van der Waals surface area (Å²) in [5.74, 6) is -0.902. The molecule has 9 heteroatoms. The van der Waals surface area contributed by atoms with E-state index < -0.39 is 15.8 Å². The van der Waals surface area contributed by atoms with Gasteiger partial charge in [-0.15, -0.1) is 0 Å². The van der Waals surface area contributed by atoms with Crippen molar-refractivity contribution in [3.8, 4) is 0 Å². The fraction of sp³-hybridized carbons (Fsp3) is 0.278. The van der Waals surface area contributed by atoms with Crippen molar-refractivity contribution in [2.24, 2.45) is 0 Å². The van der Waals surface area contributed by atoms with E-state index in [1.54, 1.807) is 0 Å². The van der Waals surface area contributed by atoms with Crippen LogP contribution in [0.4, 0.5) is 10.1 Å². The molecule has 0 atom stereocenters. The van der Waals surface area contributed by atoms with Crippen LogP contribution >= 0.6 is 11.6 Å². The number of amides is 1. The lowest BCUT2D eigenvalue weighted by molar-refractivity contribution is 0.0944. The predicted molar refractivity (Wildman–Crippen MR) is 102 cm³/mol. The molecular weight excluding hydrogens is 395 g/mol. The van der Waals surface area contributed by atoms with E-state index in [9.17, 15) is 17.6 Å². The third kappa shape index (κ3) is 6.20. The minimum atomic E-state index is -3.97. The third-order valence-electron chi connectivity index (χ3n) is 3.55. The molecular formula is C18H20ClFN2O4S. The van der Waals surface area contributed by atoms with Gasteiger partial charge >= 0.3 is 0 Å². The smallest absolute Gasteiger partial charge is 0.261 e. The fourth-order valence-corrected chi connectivity index (χ4v) is 3.48. The van der Waals surface area contributed by atoms with Crippen LogP contribution in [0.15, 0.2) is 47.4 Å². The Bertz CT molecular complexity index is 889. The SMILES string of the molecule is CCOCCCNC(=O)c1ccc(Cl)c(NS(=O)(=O)c2ccc(F)cc2)c1. The standard InChI is InChI=1S/C18H20ClFN2O4S/c1-2-26-11-3-10-21-18(23)13-4-9-16(19)17(12-13)22-27(24,25)15-7-5-14(20)6-8-15/h4-9,12,22H,2-3,10-11H2,1H3,(H,21,23). The van der Waals surface area contributed by atoms with Gasteiger partial charge in [-0.1, -0.05) is 11.6 Å². The molecule has 0 unspecified atom stereocenters. The van der Waals surface area contributed by atoms with Gasteiger partial charge in [-0.25, -0.2) is 12.8 Å². The molecule has 0 aliphatic heterocycles. The average Bonchev–Trinajstić information content (AvgIpc) is 2.63. The minimum Gasteiger partial charge on any atom is -0.382 e. The molecule has 2 aromatic carbocycles. The van der Waals surface area contributed by atoms with E-state index in [1.165, 1.54) is 18.2 Å². The quantitative estimate of drug-likeness (QED) is 0.615. The molecule has 2 rings (SSSR count). The molecule has 2 N–H and O–H groups in total.